The molecule has 1 amide bonds. The highest BCUT2D eigenvalue weighted by Crippen LogP contribution is 2.38. The van der Waals surface area contributed by atoms with Gasteiger partial charge < -0.3 is 5.32 Å². The first kappa shape index (κ1) is 21.3. The number of alkyl halides is 3. The van der Waals surface area contributed by atoms with Crippen molar-refractivity contribution in [1.82, 2.24) is 10.3 Å². The maximum absolute atomic E-state index is 13.7. The summed E-state index contributed by atoms with van der Waals surface area (Å²) in [7, 11) is 0. The first-order valence-electron chi connectivity index (χ1n) is 10.3. The maximum atomic E-state index is 13.7. The van der Waals surface area contributed by atoms with E-state index in [1.165, 1.54) is 24.3 Å². The third-order valence-electron chi connectivity index (χ3n) is 6.05. The molecule has 1 aromatic heterocycles. The minimum absolute atomic E-state index is 0.215. The second-order valence-electron chi connectivity index (χ2n) is 8.06. The highest BCUT2D eigenvalue weighted by Gasteiger charge is 2.30. The van der Waals surface area contributed by atoms with Crippen molar-refractivity contribution in [1.29, 1.82) is 0 Å². The van der Waals surface area contributed by atoms with E-state index >= 15 is 0 Å². The molecule has 2 aromatic carbocycles. The van der Waals surface area contributed by atoms with Gasteiger partial charge in [-0.25, -0.2) is 4.39 Å². The Hall–Kier alpha value is -2.96. The predicted molar refractivity (Wildman–Crippen MR) is 110 cm³/mol. The molecule has 0 aliphatic heterocycles. The Morgan fingerprint density at radius 3 is 2.39 bits per heavy atom. The summed E-state index contributed by atoms with van der Waals surface area (Å²) in [5, 5.41) is 3.69. The van der Waals surface area contributed by atoms with Gasteiger partial charge in [-0.15, -0.1) is 0 Å². The van der Waals surface area contributed by atoms with E-state index in [4.69, 9.17) is 0 Å². The average Bonchev–Trinajstić information content (AvgIpc) is 2.77. The number of hydrogen-bond donors (Lipinski definition) is 1. The van der Waals surface area contributed by atoms with Crippen LogP contribution in [0.3, 0.4) is 0 Å². The Morgan fingerprint density at radius 2 is 1.71 bits per heavy atom. The topological polar surface area (TPSA) is 42.0 Å². The van der Waals surface area contributed by atoms with E-state index in [0.717, 1.165) is 54.3 Å². The SMILES string of the molecule is O=C(NCC1CCC(c2ccnc3ccc(F)cc23)CC1)c1ccc(C(F)(F)F)cc1. The van der Waals surface area contributed by atoms with Gasteiger partial charge in [0.1, 0.15) is 5.82 Å². The molecular formula is C24H22F4N2O. The Balaban J connectivity index is 1.33. The van der Waals surface area contributed by atoms with E-state index in [1.807, 2.05) is 6.07 Å². The maximum Gasteiger partial charge on any atom is 0.416 e. The molecule has 0 spiro atoms. The van der Waals surface area contributed by atoms with E-state index < -0.39 is 11.7 Å². The van der Waals surface area contributed by atoms with Crippen LogP contribution in [0.5, 0.6) is 0 Å². The predicted octanol–water partition coefficient (Wildman–Crippen LogP) is 6.10. The normalized spacial score (nSPS) is 19.4. The van der Waals surface area contributed by atoms with Crippen molar-refractivity contribution in [2.24, 2.45) is 5.92 Å². The van der Waals surface area contributed by atoms with Gasteiger partial charge in [0.2, 0.25) is 0 Å². The fourth-order valence-electron chi connectivity index (χ4n) is 4.32. The monoisotopic (exact) mass is 430 g/mol. The average molecular weight is 430 g/mol. The van der Waals surface area contributed by atoms with Gasteiger partial charge in [-0.1, -0.05) is 0 Å². The number of aromatic nitrogens is 1. The molecule has 1 heterocycles. The minimum atomic E-state index is -4.42. The van der Waals surface area contributed by atoms with Gasteiger partial charge in [0.15, 0.2) is 0 Å². The highest BCUT2D eigenvalue weighted by atomic mass is 19.4. The molecule has 162 valence electrons. The van der Waals surface area contributed by atoms with Crippen molar-refractivity contribution < 1.29 is 22.4 Å². The molecule has 31 heavy (non-hydrogen) atoms. The van der Waals surface area contributed by atoms with E-state index in [9.17, 15) is 22.4 Å². The van der Waals surface area contributed by atoms with Crippen LogP contribution in [0, 0.1) is 11.7 Å². The van der Waals surface area contributed by atoms with Crippen molar-refractivity contribution >= 4 is 16.8 Å². The highest BCUT2D eigenvalue weighted by molar-refractivity contribution is 5.94. The lowest BCUT2D eigenvalue weighted by Gasteiger charge is -2.29. The Morgan fingerprint density at radius 1 is 1.00 bits per heavy atom. The molecule has 1 fully saturated rings. The lowest BCUT2D eigenvalue weighted by Crippen LogP contribution is -2.31. The fraction of sp³-hybridized carbons (Fsp3) is 0.333. The summed E-state index contributed by atoms with van der Waals surface area (Å²) in [6, 6.07) is 10.8. The number of hydrogen-bond acceptors (Lipinski definition) is 2. The van der Waals surface area contributed by atoms with Crippen LogP contribution in [0.15, 0.2) is 54.7 Å². The first-order valence-corrected chi connectivity index (χ1v) is 10.3. The van der Waals surface area contributed by atoms with Crippen LogP contribution in [-0.4, -0.2) is 17.4 Å². The molecule has 0 radical (unpaired) electrons. The molecule has 3 nitrogen and oxygen atoms in total. The zero-order valence-electron chi connectivity index (χ0n) is 16.8. The fourth-order valence-corrected chi connectivity index (χ4v) is 4.32. The largest absolute Gasteiger partial charge is 0.416 e. The van der Waals surface area contributed by atoms with E-state index in [0.29, 0.717) is 18.4 Å². The number of nitrogens with one attached hydrogen (secondary N) is 1. The van der Waals surface area contributed by atoms with Crippen LogP contribution in [0.4, 0.5) is 17.6 Å². The van der Waals surface area contributed by atoms with Gasteiger partial charge >= 0.3 is 6.18 Å². The second-order valence-corrected chi connectivity index (χ2v) is 8.06. The molecule has 1 N–H and O–H groups in total. The zero-order valence-corrected chi connectivity index (χ0v) is 16.8. The molecule has 0 saturated heterocycles. The van der Waals surface area contributed by atoms with Gasteiger partial charge in [0.05, 0.1) is 11.1 Å². The van der Waals surface area contributed by atoms with Crippen LogP contribution in [-0.2, 0) is 6.18 Å². The Bertz CT molecular complexity index is 1070. The van der Waals surface area contributed by atoms with Crippen molar-refractivity contribution in [2.75, 3.05) is 6.54 Å². The summed E-state index contributed by atoms with van der Waals surface area (Å²) in [5.74, 6) is -0.0264. The molecule has 7 heteroatoms. The van der Waals surface area contributed by atoms with Gasteiger partial charge in [0.25, 0.3) is 5.91 Å². The van der Waals surface area contributed by atoms with Gasteiger partial charge in [-0.2, -0.15) is 13.2 Å². The van der Waals surface area contributed by atoms with E-state index in [1.54, 1.807) is 12.3 Å². The molecular weight excluding hydrogens is 408 g/mol. The third-order valence-corrected chi connectivity index (χ3v) is 6.05. The van der Waals surface area contributed by atoms with Crippen LogP contribution in [0.1, 0.15) is 53.1 Å². The number of benzene rings is 2. The van der Waals surface area contributed by atoms with Crippen molar-refractivity contribution in [2.45, 2.75) is 37.8 Å². The summed E-state index contributed by atoms with van der Waals surface area (Å²) >= 11 is 0. The minimum Gasteiger partial charge on any atom is -0.352 e. The number of carbonyl (C=O) groups excluding carboxylic acids is 1. The molecule has 3 aromatic rings. The molecule has 1 aliphatic rings. The first-order chi connectivity index (χ1) is 14.8. The third kappa shape index (κ3) is 4.86. The van der Waals surface area contributed by atoms with Gasteiger partial charge in [0, 0.05) is 23.7 Å². The number of halogens is 4. The summed E-state index contributed by atoms with van der Waals surface area (Å²) in [4.78, 5) is 16.6. The molecule has 0 atom stereocenters. The summed E-state index contributed by atoms with van der Waals surface area (Å²) in [6.45, 7) is 0.484. The summed E-state index contributed by atoms with van der Waals surface area (Å²) in [6.07, 6.45) is 1.02. The summed E-state index contributed by atoms with van der Waals surface area (Å²) in [5.41, 5.74) is 1.33. The molecule has 0 bridgehead atoms. The molecule has 1 saturated carbocycles. The smallest absolute Gasteiger partial charge is 0.352 e. The second kappa shape index (κ2) is 8.65. The van der Waals surface area contributed by atoms with Crippen LogP contribution in [0.2, 0.25) is 0 Å². The number of pyridine rings is 1. The molecule has 1 aliphatic carbocycles. The number of carbonyl (C=O) groups is 1. The van der Waals surface area contributed by atoms with Crippen molar-refractivity contribution in [3.05, 3.63) is 77.2 Å². The standard InChI is InChI=1S/C24H22F4N2O/c25-19-9-10-22-21(13-19)20(11-12-29-22)16-3-1-15(2-4-16)14-30-23(31)17-5-7-18(8-6-17)24(26,27)28/h5-13,15-16H,1-4,14H2,(H,30,31). The zero-order chi connectivity index (χ0) is 22.0. The van der Waals surface area contributed by atoms with Crippen molar-refractivity contribution in [3.8, 4) is 0 Å². The Labute approximate surface area is 177 Å². The number of fused-ring (bicyclic) bond motifs is 1. The van der Waals surface area contributed by atoms with Crippen LogP contribution in [0.25, 0.3) is 10.9 Å². The van der Waals surface area contributed by atoms with E-state index in [-0.39, 0.29) is 17.3 Å². The quantitative estimate of drug-likeness (QED) is 0.509. The number of nitrogens with zero attached hydrogens (tertiary/aromatic N) is 1. The van der Waals surface area contributed by atoms with Gasteiger partial charge in [-0.05, 0) is 91.6 Å². The molecule has 4 rings (SSSR count). The van der Waals surface area contributed by atoms with Crippen LogP contribution >= 0.6 is 0 Å². The van der Waals surface area contributed by atoms with Gasteiger partial charge in [-0.3, -0.25) is 9.78 Å². The Kier molecular flexibility index (Phi) is 5.94. The lowest BCUT2D eigenvalue weighted by atomic mass is 9.78. The summed E-state index contributed by atoms with van der Waals surface area (Å²) < 4.78 is 51.7. The van der Waals surface area contributed by atoms with Crippen molar-refractivity contribution in [3.63, 3.8) is 0 Å². The van der Waals surface area contributed by atoms with E-state index in [2.05, 4.69) is 10.3 Å². The number of amides is 1. The van der Waals surface area contributed by atoms with Crippen LogP contribution < -0.4 is 5.32 Å². The lowest BCUT2D eigenvalue weighted by molar-refractivity contribution is -0.137. The molecule has 0 unspecified atom stereocenters. The number of rotatable bonds is 4.